The maximum atomic E-state index is 5.79. The average Bonchev–Trinajstić information content (AvgIpc) is 2.59. The van der Waals surface area contributed by atoms with Crippen LogP contribution in [0.4, 0.5) is 0 Å². The van der Waals surface area contributed by atoms with Crippen molar-refractivity contribution in [3.05, 3.63) is 0 Å². The van der Waals surface area contributed by atoms with Crippen LogP contribution in [-0.4, -0.2) is 25.4 Å². The van der Waals surface area contributed by atoms with Gasteiger partial charge in [-0.3, -0.25) is 0 Å². The molecule has 0 spiro atoms. The molecule has 158 valence electrons. The Labute approximate surface area is 165 Å². The highest BCUT2D eigenvalue weighted by molar-refractivity contribution is 4.60. The van der Waals surface area contributed by atoms with E-state index in [1.807, 2.05) is 0 Å². The molecule has 0 N–H and O–H groups in total. The zero-order valence-electron chi connectivity index (χ0n) is 18.9. The second-order valence-corrected chi connectivity index (χ2v) is 9.20. The van der Waals surface area contributed by atoms with Gasteiger partial charge in [0, 0.05) is 12.5 Å². The maximum absolute atomic E-state index is 5.79. The van der Waals surface area contributed by atoms with Crippen LogP contribution in [0, 0.1) is 5.92 Å². The predicted molar refractivity (Wildman–Crippen MR) is 116 cm³/mol. The van der Waals surface area contributed by atoms with E-state index in [-0.39, 0.29) is 5.60 Å². The average molecular weight is 371 g/mol. The van der Waals surface area contributed by atoms with Gasteiger partial charge in [-0.15, -0.1) is 0 Å². The number of hydrogen-bond acceptors (Lipinski definition) is 2. The van der Waals surface area contributed by atoms with Gasteiger partial charge in [-0.05, 0) is 27.2 Å². The van der Waals surface area contributed by atoms with Crippen molar-refractivity contribution in [1.82, 2.24) is 0 Å². The third-order valence-corrected chi connectivity index (χ3v) is 4.85. The van der Waals surface area contributed by atoms with Crippen molar-refractivity contribution in [2.75, 3.05) is 19.8 Å². The molecule has 0 saturated carbocycles. The summed E-state index contributed by atoms with van der Waals surface area (Å²) in [7, 11) is 0. The van der Waals surface area contributed by atoms with Gasteiger partial charge in [-0.2, -0.15) is 0 Å². The van der Waals surface area contributed by atoms with Crippen LogP contribution in [0.25, 0.3) is 0 Å². The highest BCUT2D eigenvalue weighted by Gasteiger charge is 2.12. The summed E-state index contributed by atoms with van der Waals surface area (Å²) in [5.74, 6) is 0.487. The van der Waals surface area contributed by atoms with E-state index in [9.17, 15) is 0 Å². The molecule has 0 aromatic rings. The summed E-state index contributed by atoms with van der Waals surface area (Å²) >= 11 is 0. The van der Waals surface area contributed by atoms with E-state index in [0.29, 0.717) is 5.92 Å². The minimum absolute atomic E-state index is 0.0388. The first-order valence-electron chi connectivity index (χ1n) is 11.7. The molecule has 0 radical (unpaired) electrons. The van der Waals surface area contributed by atoms with Crippen LogP contribution in [0.3, 0.4) is 0 Å². The number of unbranched alkanes of at least 4 members (excludes halogenated alkanes) is 13. The summed E-state index contributed by atoms with van der Waals surface area (Å²) in [6, 6.07) is 0. The first-order valence-corrected chi connectivity index (χ1v) is 11.7. The Balaban J connectivity index is 3.13. The van der Waals surface area contributed by atoms with Crippen molar-refractivity contribution in [3.8, 4) is 0 Å². The van der Waals surface area contributed by atoms with Gasteiger partial charge in [0.25, 0.3) is 0 Å². The van der Waals surface area contributed by atoms with Crippen LogP contribution >= 0.6 is 0 Å². The van der Waals surface area contributed by atoms with Gasteiger partial charge in [-0.1, -0.05) is 97.3 Å². The van der Waals surface area contributed by atoms with E-state index in [4.69, 9.17) is 9.47 Å². The molecule has 0 rings (SSSR count). The molecule has 0 aromatic carbocycles. The molecular weight excluding hydrogens is 320 g/mol. The predicted octanol–water partition coefficient (Wildman–Crippen LogP) is 7.94. The third-order valence-electron chi connectivity index (χ3n) is 4.85. The van der Waals surface area contributed by atoms with Crippen LogP contribution in [0.1, 0.15) is 125 Å². The van der Waals surface area contributed by atoms with Crippen molar-refractivity contribution in [2.24, 2.45) is 5.92 Å². The maximum Gasteiger partial charge on any atom is 0.0598 e. The Bertz CT molecular complexity index is 270. The molecule has 0 aliphatic heterocycles. The lowest BCUT2D eigenvalue weighted by atomic mass is 10.0. The highest BCUT2D eigenvalue weighted by Crippen LogP contribution is 2.13. The summed E-state index contributed by atoms with van der Waals surface area (Å²) in [5.41, 5.74) is -0.0388. The van der Waals surface area contributed by atoms with Crippen molar-refractivity contribution in [2.45, 2.75) is 130 Å². The molecule has 0 saturated heterocycles. The highest BCUT2D eigenvalue weighted by atomic mass is 16.5. The van der Waals surface area contributed by atoms with E-state index < -0.39 is 0 Å². The molecule has 2 heteroatoms. The Morgan fingerprint density at radius 2 is 1.04 bits per heavy atom. The zero-order valence-corrected chi connectivity index (χ0v) is 18.9. The Morgan fingerprint density at radius 3 is 1.46 bits per heavy atom. The molecular formula is C24H50O2. The van der Waals surface area contributed by atoms with Gasteiger partial charge in [0.05, 0.1) is 18.8 Å². The van der Waals surface area contributed by atoms with Gasteiger partial charge in [0.2, 0.25) is 0 Å². The van der Waals surface area contributed by atoms with E-state index in [1.165, 1.54) is 89.9 Å². The minimum Gasteiger partial charge on any atom is -0.381 e. The fourth-order valence-electron chi connectivity index (χ4n) is 3.12. The van der Waals surface area contributed by atoms with Crippen molar-refractivity contribution >= 4 is 0 Å². The van der Waals surface area contributed by atoms with Crippen LogP contribution in [-0.2, 0) is 9.47 Å². The van der Waals surface area contributed by atoms with Crippen LogP contribution in [0.2, 0.25) is 0 Å². The summed E-state index contributed by atoms with van der Waals surface area (Å²) in [6.07, 6.45) is 19.7. The third kappa shape index (κ3) is 22.0. The largest absolute Gasteiger partial charge is 0.381 e. The lowest BCUT2D eigenvalue weighted by Crippen LogP contribution is -2.24. The summed E-state index contributed by atoms with van der Waals surface area (Å²) in [6.45, 7) is 13.4. The van der Waals surface area contributed by atoms with Crippen LogP contribution in [0.15, 0.2) is 0 Å². The number of ether oxygens (including phenoxy) is 2. The quantitative estimate of drug-likeness (QED) is 0.215. The topological polar surface area (TPSA) is 18.5 Å². The van der Waals surface area contributed by atoms with Crippen molar-refractivity contribution in [1.29, 1.82) is 0 Å². The van der Waals surface area contributed by atoms with E-state index in [0.717, 1.165) is 19.8 Å². The fourth-order valence-corrected chi connectivity index (χ4v) is 3.12. The second kappa shape index (κ2) is 18.3. The van der Waals surface area contributed by atoms with Crippen LogP contribution < -0.4 is 0 Å². The van der Waals surface area contributed by atoms with Gasteiger partial charge >= 0.3 is 0 Å². The normalized spacial score (nSPS) is 13.3. The molecule has 26 heavy (non-hydrogen) atoms. The summed E-state index contributed by atoms with van der Waals surface area (Å²) in [5, 5.41) is 0. The van der Waals surface area contributed by atoms with E-state index in [1.54, 1.807) is 0 Å². The number of rotatable bonds is 19. The van der Waals surface area contributed by atoms with Gasteiger partial charge < -0.3 is 9.47 Å². The van der Waals surface area contributed by atoms with Gasteiger partial charge in [0.15, 0.2) is 0 Å². The van der Waals surface area contributed by atoms with E-state index in [2.05, 4.69) is 34.6 Å². The lowest BCUT2D eigenvalue weighted by Gasteiger charge is -2.22. The monoisotopic (exact) mass is 370 g/mol. The molecule has 0 heterocycles. The molecule has 1 unspecified atom stereocenters. The first kappa shape index (κ1) is 25.9. The summed E-state index contributed by atoms with van der Waals surface area (Å²) in [4.78, 5) is 0. The molecule has 2 nitrogen and oxygen atoms in total. The smallest absolute Gasteiger partial charge is 0.0598 e. The SMILES string of the molecule is CCCCCCCCCCCCCCCCOCC(C)COC(C)(C)C. The van der Waals surface area contributed by atoms with Crippen LogP contribution in [0.5, 0.6) is 0 Å². The molecule has 0 aliphatic carbocycles. The first-order chi connectivity index (χ1) is 12.5. The molecule has 0 bridgehead atoms. The minimum atomic E-state index is -0.0388. The van der Waals surface area contributed by atoms with Crippen molar-refractivity contribution < 1.29 is 9.47 Å². The van der Waals surface area contributed by atoms with E-state index >= 15 is 0 Å². The van der Waals surface area contributed by atoms with Gasteiger partial charge in [-0.25, -0.2) is 0 Å². The molecule has 0 aliphatic rings. The zero-order chi connectivity index (χ0) is 19.5. The standard InChI is InChI=1S/C24H50O2/c1-6-7-8-9-10-11-12-13-14-15-16-17-18-19-20-25-21-23(2)22-26-24(3,4)5/h23H,6-22H2,1-5H3. The Kier molecular flexibility index (Phi) is 18.2. The molecule has 1 atom stereocenters. The molecule has 0 aromatic heterocycles. The lowest BCUT2D eigenvalue weighted by molar-refractivity contribution is -0.0354. The number of hydrogen-bond donors (Lipinski definition) is 0. The Hall–Kier alpha value is -0.0800. The van der Waals surface area contributed by atoms with Crippen molar-refractivity contribution in [3.63, 3.8) is 0 Å². The van der Waals surface area contributed by atoms with Gasteiger partial charge in [0.1, 0.15) is 0 Å². The molecule has 0 fully saturated rings. The summed E-state index contributed by atoms with van der Waals surface area (Å²) < 4.78 is 11.6. The fraction of sp³-hybridized carbons (Fsp3) is 1.00. The second-order valence-electron chi connectivity index (χ2n) is 9.20. The molecule has 0 amide bonds. The Morgan fingerprint density at radius 1 is 0.615 bits per heavy atom.